The van der Waals surface area contributed by atoms with E-state index in [2.05, 4.69) is 5.32 Å². The lowest BCUT2D eigenvalue weighted by atomic mass is 10.1. The molecule has 6 heteroatoms. The summed E-state index contributed by atoms with van der Waals surface area (Å²) in [7, 11) is 0. The Morgan fingerprint density at radius 3 is 2.55 bits per heavy atom. The largest absolute Gasteiger partial charge is 0.480 e. The number of carbonyl (C=O) groups is 2. The molecule has 0 spiro atoms. The molecule has 2 rings (SSSR count). The summed E-state index contributed by atoms with van der Waals surface area (Å²) in [5.41, 5.74) is 0.668. The number of benzene rings is 2. The average Bonchev–Trinajstić information content (AvgIpc) is 2.46. The van der Waals surface area contributed by atoms with Gasteiger partial charge in [-0.15, -0.1) is 0 Å². The average molecular weight is 322 g/mol. The van der Waals surface area contributed by atoms with Gasteiger partial charge < -0.3 is 10.4 Å². The Bertz CT molecular complexity index is 705. The summed E-state index contributed by atoms with van der Waals surface area (Å²) in [4.78, 5) is 23.4. The van der Waals surface area contributed by atoms with E-state index in [0.717, 1.165) is 0 Å². The zero-order valence-corrected chi connectivity index (χ0v) is 12.2. The molecule has 0 bridgehead atoms. The Morgan fingerprint density at radius 2 is 1.91 bits per heavy atom. The van der Waals surface area contributed by atoms with Gasteiger partial charge in [0.05, 0.1) is 10.6 Å². The SMILES string of the molecule is O=C(N[C@H](Cc1cccc(F)c1)C(=O)O)c1ccccc1Cl. The second-order valence-corrected chi connectivity index (χ2v) is 5.09. The molecule has 0 radical (unpaired) electrons. The molecule has 1 atom stereocenters. The molecule has 2 N–H and O–H groups in total. The fraction of sp³-hybridized carbons (Fsp3) is 0.125. The first-order valence-corrected chi connectivity index (χ1v) is 6.88. The number of hydrogen-bond donors (Lipinski definition) is 2. The van der Waals surface area contributed by atoms with Crippen LogP contribution in [0.15, 0.2) is 48.5 Å². The molecule has 0 aromatic heterocycles. The zero-order valence-electron chi connectivity index (χ0n) is 11.4. The van der Waals surface area contributed by atoms with Crippen molar-refractivity contribution in [1.82, 2.24) is 5.32 Å². The maximum Gasteiger partial charge on any atom is 0.326 e. The van der Waals surface area contributed by atoms with Gasteiger partial charge in [-0.1, -0.05) is 35.9 Å². The lowest BCUT2D eigenvalue weighted by molar-refractivity contribution is -0.139. The monoisotopic (exact) mass is 321 g/mol. The molecular weight excluding hydrogens is 309 g/mol. The van der Waals surface area contributed by atoms with Crippen molar-refractivity contribution in [2.45, 2.75) is 12.5 Å². The third-order valence-corrected chi connectivity index (χ3v) is 3.38. The molecule has 0 aliphatic carbocycles. The van der Waals surface area contributed by atoms with Crippen molar-refractivity contribution in [3.05, 3.63) is 70.5 Å². The first kappa shape index (κ1) is 16.0. The molecule has 0 aliphatic heterocycles. The van der Waals surface area contributed by atoms with E-state index in [-0.39, 0.29) is 17.0 Å². The van der Waals surface area contributed by atoms with Crippen LogP contribution in [0, 0.1) is 5.82 Å². The predicted molar refractivity (Wildman–Crippen MR) is 80.4 cm³/mol. The molecule has 1 amide bonds. The first-order valence-electron chi connectivity index (χ1n) is 6.50. The molecule has 0 unspecified atom stereocenters. The van der Waals surface area contributed by atoms with Crippen LogP contribution < -0.4 is 5.32 Å². The molecule has 114 valence electrons. The number of carboxylic acids is 1. The minimum absolute atomic E-state index is 0.0245. The highest BCUT2D eigenvalue weighted by Gasteiger charge is 2.22. The Hall–Kier alpha value is -2.40. The van der Waals surface area contributed by atoms with Gasteiger partial charge in [0.25, 0.3) is 5.91 Å². The molecule has 4 nitrogen and oxygen atoms in total. The molecular formula is C16H13ClFNO3. The van der Waals surface area contributed by atoms with Gasteiger partial charge in [-0.25, -0.2) is 9.18 Å². The fourth-order valence-electron chi connectivity index (χ4n) is 1.98. The summed E-state index contributed by atoms with van der Waals surface area (Å²) in [6.07, 6.45) is -0.0245. The minimum Gasteiger partial charge on any atom is -0.480 e. The summed E-state index contributed by atoms with van der Waals surface area (Å²) in [6.45, 7) is 0. The summed E-state index contributed by atoms with van der Waals surface area (Å²) >= 11 is 5.91. The lowest BCUT2D eigenvalue weighted by Crippen LogP contribution is -2.42. The van der Waals surface area contributed by atoms with E-state index in [1.165, 1.54) is 24.3 Å². The number of hydrogen-bond acceptors (Lipinski definition) is 2. The fourth-order valence-corrected chi connectivity index (χ4v) is 2.20. The van der Waals surface area contributed by atoms with Crippen LogP contribution >= 0.6 is 11.6 Å². The van der Waals surface area contributed by atoms with E-state index < -0.39 is 23.7 Å². The normalized spacial score (nSPS) is 11.7. The van der Waals surface area contributed by atoms with Crippen molar-refractivity contribution in [3.63, 3.8) is 0 Å². The predicted octanol–water partition coefficient (Wildman–Crippen LogP) is 2.90. The van der Waals surface area contributed by atoms with Crippen LogP contribution in [0.5, 0.6) is 0 Å². The van der Waals surface area contributed by atoms with E-state index in [9.17, 15) is 19.1 Å². The number of carbonyl (C=O) groups excluding carboxylic acids is 1. The Balaban J connectivity index is 2.14. The smallest absolute Gasteiger partial charge is 0.326 e. The number of nitrogens with one attached hydrogen (secondary N) is 1. The van der Waals surface area contributed by atoms with Crippen molar-refractivity contribution in [1.29, 1.82) is 0 Å². The number of carboxylic acid groups (broad SMARTS) is 1. The van der Waals surface area contributed by atoms with Crippen molar-refractivity contribution >= 4 is 23.5 Å². The van der Waals surface area contributed by atoms with Gasteiger partial charge in [0.1, 0.15) is 11.9 Å². The quantitative estimate of drug-likeness (QED) is 0.890. The molecule has 2 aromatic carbocycles. The topological polar surface area (TPSA) is 66.4 Å². The summed E-state index contributed by atoms with van der Waals surface area (Å²) < 4.78 is 13.1. The number of amides is 1. The number of rotatable bonds is 5. The van der Waals surface area contributed by atoms with Gasteiger partial charge in [0, 0.05) is 6.42 Å². The Labute approximate surface area is 131 Å². The molecule has 0 saturated heterocycles. The van der Waals surface area contributed by atoms with Crippen LogP contribution in [0.25, 0.3) is 0 Å². The van der Waals surface area contributed by atoms with E-state index >= 15 is 0 Å². The van der Waals surface area contributed by atoms with E-state index in [0.29, 0.717) is 5.56 Å². The summed E-state index contributed by atoms with van der Waals surface area (Å²) in [5.74, 6) is -2.25. The van der Waals surface area contributed by atoms with Crippen LogP contribution in [0.4, 0.5) is 4.39 Å². The minimum atomic E-state index is -1.20. The maximum absolute atomic E-state index is 13.1. The van der Waals surface area contributed by atoms with E-state index in [1.54, 1.807) is 24.3 Å². The van der Waals surface area contributed by atoms with Crippen molar-refractivity contribution in [2.24, 2.45) is 0 Å². The summed E-state index contributed by atoms with van der Waals surface area (Å²) in [5, 5.41) is 11.9. The highest BCUT2D eigenvalue weighted by Crippen LogP contribution is 2.15. The highest BCUT2D eigenvalue weighted by molar-refractivity contribution is 6.33. The van der Waals surface area contributed by atoms with Gasteiger partial charge in [0.2, 0.25) is 0 Å². The van der Waals surface area contributed by atoms with Gasteiger partial charge in [-0.3, -0.25) is 4.79 Å². The third-order valence-electron chi connectivity index (χ3n) is 3.05. The van der Waals surface area contributed by atoms with Gasteiger partial charge in [-0.05, 0) is 29.8 Å². The van der Waals surface area contributed by atoms with Gasteiger partial charge in [0.15, 0.2) is 0 Å². The number of halogens is 2. The molecule has 0 aliphatic rings. The maximum atomic E-state index is 13.1. The van der Waals surface area contributed by atoms with Crippen LogP contribution in [0.2, 0.25) is 5.02 Å². The van der Waals surface area contributed by atoms with Crippen LogP contribution in [0.3, 0.4) is 0 Å². The Kier molecular flexibility index (Phi) is 5.12. The first-order chi connectivity index (χ1) is 10.5. The highest BCUT2D eigenvalue weighted by atomic mass is 35.5. The standard InChI is InChI=1S/C16H13ClFNO3/c17-13-7-2-1-6-12(13)15(20)19-14(16(21)22)9-10-4-3-5-11(18)8-10/h1-8,14H,9H2,(H,19,20)(H,21,22)/t14-/m1/s1. The second-order valence-electron chi connectivity index (χ2n) is 4.68. The van der Waals surface area contributed by atoms with Gasteiger partial charge in [-0.2, -0.15) is 0 Å². The van der Waals surface area contributed by atoms with Crippen molar-refractivity contribution in [3.8, 4) is 0 Å². The zero-order chi connectivity index (χ0) is 16.1. The number of aliphatic carboxylic acids is 1. The molecule has 0 heterocycles. The second kappa shape index (κ2) is 7.04. The molecule has 0 fully saturated rings. The van der Waals surface area contributed by atoms with Crippen LogP contribution in [-0.4, -0.2) is 23.0 Å². The molecule has 2 aromatic rings. The van der Waals surface area contributed by atoms with Crippen LogP contribution in [0.1, 0.15) is 15.9 Å². The van der Waals surface area contributed by atoms with E-state index in [4.69, 9.17) is 11.6 Å². The summed E-state index contributed by atoms with van der Waals surface area (Å²) in [6, 6.07) is 10.7. The molecule has 0 saturated carbocycles. The van der Waals surface area contributed by atoms with Crippen LogP contribution in [-0.2, 0) is 11.2 Å². The van der Waals surface area contributed by atoms with E-state index in [1.807, 2.05) is 0 Å². The Morgan fingerprint density at radius 1 is 1.18 bits per heavy atom. The lowest BCUT2D eigenvalue weighted by Gasteiger charge is -2.15. The third kappa shape index (κ3) is 4.05. The van der Waals surface area contributed by atoms with Crippen molar-refractivity contribution in [2.75, 3.05) is 0 Å². The molecule has 22 heavy (non-hydrogen) atoms. The van der Waals surface area contributed by atoms with Gasteiger partial charge >= 0.3 is 5.97 Å². The van der Waals surface area contributed by atoms with Crippen molar-refractivity contribution < 1.29 is 19.1 Å².